The van der Waals surface area contributed by atoms with Crippen molar-refractivity contribution in [2.75, 3.05) is 35.0 Å². The van der Waals surface area contributed by atoms with E-state index in [0.717, 1.165) is 0 Å². The molecule has 150 valence electrons. The van der Waals surface area contributed by atoms with Gasteiger partial charge in [0.25, 0.3) is 5.91 Å². The highest BCUT2D eigenvalue weighted by Crippen LogP contribution is 2.39. The zero-order valence-electron chi connectivity index (χ0n) is 15.9. The molecule has 0 radical (unpaired) electrons. The maximum atomic E-state index is 13.0. The molecule has 0 aromatic heterocycles. The molecule has 0 heterocycles. The topological polar surface area (TPSA) is 113 Å². The average molecular weight is 391 g/mol. The molecule has 0 unspecified atom stereocenters. The summed E-state index contributed by atoms with van der Waals surface area (Å²) in [4.78, 5) is 24.2. The quantitative estimate of drug-likeness (QED) is 0.378. The summed E-state index contributed by atoms with van der Waals surface area (Å²) in [5.41, 5.74) is 2.05. The number of hydroxylamine groups is 1. The Kier molecular flexibility index (Phi) is 7.05. The standard InChI is InChI=1S/C19H21NO8/c1-24-13-6-5-11(7-14(13)28-10-17(21)20-23)18(22)12-8-15(25-2)19(27-4)16(9-12)26-3/h5-9,23H,10H2,1-4H3,(H,20,21). The Morgan fingerprint density at radius 3 is 1.89 bits per heavy atom. The van der Waals surface area contributed by atoms with E-state index in [1.165, 1.54) is 58.2 Å². The first-order valence-corrected chi connectivity index (χ1v) is 8.07. The predicted molar refractivity (Wildman–Crippen MR) is 97.9 cm³/mol. The minimum Gasteiger partial charge on any atom is -0.493 e. The number of ketones is 1. The van der Waals surface area contributed by atoms with Gasteiger partial charge in [-0.1, -0.05) is 0 Å². The number of hydrogen-bond acceptors (Lipinski definition) is 8. The van der Waals surface area contributed by atoms with Crippen molar-refractivity contribution in [3.05, 3.63) is 41.5 Å². The summed E-state index contributed by atoms with van der Waals surface area (Å²) in [5.74, 6) is 0.471. The van der Waals surface area contributed by atoms with Gasteiger partial charge < -0.3 is 23.7 Å². The number of nitrogens with one attached hydrogen (secondary N) is 1. The zero-order chi connectivity index (χ0) is 20.7. The van der Waals surface area contributed by atoms with Crippen LogP contribution in [0.5, 0.6) is 28.7 Å². The molecule has 0 spiro atoms. The first-order chi connectivity index (χ1) is 13.5. The SMILES string of the molecule is COc1ccc(C(=O)c2cc(OC)c(OC)c(OC)c2)cc1OCC(=O)NO. The molecule has 0 bridgehead atoms. The van der Waals surface area contributed by atoms with E-state index in [0.29, 0.717) is 28.6 Å². The fraction of sp³-hybridized carbons (Fsp3) is 0.263. The molecule has 9 nitrogen and oxygen atoms in total. The number of amides is 1. The van der Waals surface area contributed by atoms with Crippen LogP contribution in [-0.4, -0.2) is 51.9 Å². The Balaban J connectivity index is 2.42. The molecule has 2 rings (SSSR count). The van der Waals surface area contributed by atoms with Gasteiger partial charge >= 0.3 is 0 Å². The fourth-order valence-corrected chi connectivity index (χ4v) is 2.49. The second kappa shape index (κ2) is 9.47. The molecule has 9 heteroatoms. The van der Waals surface area contributed by atoms with Gasteiger partial charge in [0.2, 0.25) is 5.75 Å². The van der Waals surface area contributed by atoms with Crippen LogP contribution in [0.15, 0.2) is 30.3 Å². The second-order valence-electron chi connectivity index (χ2n) is 5.43. The Hall–Kier alpha value is -3.46. The molecule has 0 aliphatic carbocycles. The van der Waals surface area contributed by atoms with Crippen LogP contribution in [0.1, 0.15) is 15.9 Å². The lowest BCUT2D eigenvalue weighted by molar-refractivity contribution is -0.131. The van der Waals surface area contributed by atoms with Crippen molar-refractivity contribution in [3.63, 3.8) is 0 Å². The van der Waals surface area contributed by atoms with E-state index < -0.39 is 12.5 Å². The van der Waals surface area contributed by atoms with Crippen LogP contribution >= 0.6 is 0 Å². The molecule has 1 amide bonds. The lowest BCUT2D eigenvalue weighted by atomic mass is 10.0. The minimum atomic E-state index is -0.747. The number of carbonyl (C=O) groups excluding carboxylic acids is 2. The largest absolute Gasteiger partial charge is 0.493 e. The lowest BCUT2D eigenvalue weighted by Crippen LogP contribution is -2.25. The van der Waals surface area contributed by atoms with Gasteiger partial charge in [-0.25, -0.2) is 5.48 Å². The number of carbonyl (C=O) groups is 2. The van der Waals surface area contributed by atoms with E-state index >= 15 is 0 Å². The first kappa shape index (κ1) is 20.8. The van der Waals surface area contributed by atoms with E-state index in [1.54, 1.807) is 6.07 Å². The van der Waals surface area contributed by atoms with E-state index in [-0.39, 0.29) is 17.1 Å². The van der Waals surface area contributed by atoms with Crippen LogP contribution in [0.3, 0.4) is 0 Å². The van der Waals surface area contributed by atoms with E-state index in [4.69, 9.17) is 28.9 Å². The van der Waals surface area contributed by atoms with Gasteiger partial charge in [-0.2, -0.15) is 0 Å². The molecule has 0 atom stereocenters. The van der Waals surface area contributed by atoms with Crippen molar-refractivity contribution in [1.29, 1.82) is 0 Å². The molecule has 0 fully saturated rings. The monoisotopic (exact) mass is 391 g/mol. The number of methoxy groups -OCH3 is 4. The molecule has 0 aliphatic rings. The van der Waals surface area contributed by atoms with Crippen LogP contribution in [0.4, 0.5) is 0 Å². The third-order valence-electron chi connectivity index (χ3n) is 3.84. The number of hydrogen-bond donors (Lipinski definition) is 2. The maximum absolute atomic E-state index is 13.0. The van der Waals surface area contributed by atoms with Crippen LogP contribution in [0.2, 0.25) is 0 Å². The van der Waals surface area contributed by atoms with Crippen molar-refractivity contribution in [3.8, 4) is 28.7 Å². The predicted octanol–water partition coefficient (Wildman–Crippen LogP) is 1.84. The summed E-state index contributed by atoms with van der Waals surface area (Å²) in [6.45, 7) is -0.450. The first-order valence-electron chi connectivity index (χ1n) is 8.07. The average Bonchev–Trinajstić information content (AvgIpc) is 2.75. The summed E-state index contributed by atoms with van der Waals surface area (Å²) >= 11 is 0. The molecule has 28 heavy (non-hydrogen) atoms. The van der Waals surface area contributed by atoms with Gasteiger partial charge in [0.15, 0.2) is 35.4 Å². The van der Waals surface area contributed by atoms with Gasteiger partial charge in [-0.3, -0.25) is 14.8 Å². The third-order valence-corrected chi connectivity index (χ3v) is 3.84. The highest BCUT2D eigenvalue weighted by Gasteiger charge is 2.19. The highest BCUT2D eigenvalue weighted by molar-refractivity contribution is 6.10. The van der Waals surface area contributed by atoms with Gasteiger partial charge in [0, 0.05) is 11.1 Å². The number of benzene rings is 2. The Bertz CT molecular complexity index is 840. The van der Waals surface area contributed by atoms with Gasteiger partial charge in [0.05, 0.1) is 28.4 Å². The second-order valence-corrected chi connectivity index (χ2v) is 5.43. The molecule has 0 saturated carbocycles. The van der Waals surface area contributed by atoms with Crippen molar-refractivity contribution in [2.24, 2.45) is 0 Å². The van der Waals surface area contributed by atoms with Crippen LogP contribution in [-0.2, 0) is 4.79 Å². The molecule has 2 N–H and O–H groups in total. The van der Waals surface area contributed by atoms with Crippen LogP contribution in [0, 0.1) is 0 Å². The molecule has 0 saturated heterocycles. The minimum absolute atomic E-state index is 0.171. The molecular weight excluding hydrogens is 370 g/mol. The molecular formula is C19H21NO8. The van der Waals surface area contributed by atoms with Gasteiger partial charge in [-0.05, 0) is 30.3 Å². The molecule has 2 aromatic carbocycles. The van der Waals surface area contributed by atoms with Crippen molar-refractivity contribution >= 4 is 11.7 Å². The fourth-order valence-electron chi connectivity index (χ4n) is 2.49. The molecule has 0 aliphatic heterocycles. The summed E-state index contributed by atoms with van der Waals surface area (Å²) < 4.78 is 26.3. The lowest BCUT2D eigenvalue weighted by Gasteiger charge is -2.14. The highest BCUT2D eigenvalue weighted by atomic mass is 16.5. The van der Waals surface area contributed by atoms with Crippen LogP contribution < -0.4 is 29.2 Å². The normalized spacial score (nSPS) is 10.0. The van der Waals surface area contributed by atoms with E-state index in [2.05, 4.69) is 0 Å². The Labute approximate surface area is 161 Å². The number of ether oxygens (including phenoxy) is 5. The van der Waals surface area contributed by atoms with Gasteiger partial charge in [0.1, 0.15) is 0 Å². The van der Waals surface area contributed by atoms with E-state index in [9.17, 15) is 9.59 Å². The summed E-state index contributed by atoms with van der Waals surface area (Å²) in [5, 5.41) is 8.57. The third kappa shape index (κ3) is 4.44. The van der Waals surface area contributed by atoms with E-state index in [1.807, 2.05) is 0 Å². The number of rotatable bonds is 9. The summed E-state index contributed by atoms with van der Waals surface area (Å²) in [6.07, 6.45) is 0. The van der Waals surface area contributed by atoms with Crippen molar-refractivity contribution in [1.82, 2.24) is 5.48 Å². The van der Waals surface area contributed by atoms with Gasteiger partial charge in [-0.15, -0.1) is 0 Å². The Morgan fingerprint density at radius 2 is 1.39 bits per heavy atom. The summed E-state index contributed by atoms with van der Waals surface area (Å²) in [7, 11) is 5.81. The summed E-state index contributed by atoms with van der Waals surface area (Å²) in [6, 6.07) is 7.61. The maximum Gasteiger partial charge on any atom is 0.281 e. The van der Waals surface area contributed by atoms with Crippen molar-refractivity contribution in [2.45, 2.75) is 0 Å². The smallest absolute Gasteiger partial charge is 0.281 e. The zero-order valence-corrected chi connectivity index (χ0v) is 15.9. The molecule has 2 aromatic rings. The Morgan fingerprint density at radius 1 is 0.821 bits per heavy atom. The van der Waals surface area contributed by atoms with Crippen LogP contribution in [0.25, 0.3) is 0 Å². The van der Waals surface area contributed by atoms with Crippen molar-refractivity contribution < 1.29 is 38.5 Å².